The molecule has 0 N–H and O–H groups in total. The van der Waals surface area contributed by atoms with E-state index in [9.17, 15) is 4.79 Å². The van der Waals surface area contributed by atoms with Crippen LogP contribution in [0.1, 0.15) is 27.7 Å². The first kappa shape index (κ1) is 13.9. The molecule has 1 amide bonds. The van der Waals surface area contributed by atoms with E-state index in [1.807, 2.05) is 27.7 Å². The number of rotatable bonds is 5. The highest BCUT2D eigenvalue weighted by Gasteiger charge is 2.16. The molecule has 0 rings (SSSR count). The number of ether oxygens (including phenoxy) is 1. The second kappa shape index (κ2) is 6.40. The summed E-state index contributed by atoms with van der Waals surface area (Å²) in [6, 6.07) is 0. The van der Waals surface area contributed by atoms with Crippen LogP contribution >= 0.6 is 15.9 Å². The van der Waals surface area contributed by atoms with Gasteiger partial charge >= 0.3 is 0 Å². The lowest BCUT2D eigenvalue weighted by Gasteiger charge is -2.23. The van der Waals surface area contributed by atoms with Gasteiger partial charge in [-0.3, -0.25) is 4.79 Å². The van der Waals surface area contributed by atoms with E-state index in [1.54, 1.807) is 4.90 Å². The highest BCUT2D eigenvalue weighted by atomic mass is 79.9. The van der Waals surface area contributed by atoms with E-state index >= 15 is 0 Å². The molecule has 0 aromatic heterocycles. The van der Waals surface area contributed by atoms with Crippen molar-refractivity contribution in [1.82, 2.24) is 4.90 Å². The van der Waals surface area contributed by atoms with Crippen molar-refractivity contribution in [2.45, 2.75) is 33.3 Å². The molecule has 84 valence electrons. The number of carbonyl (C=O) groups excluding carboxylic acids is 1. The Balaban J connectivity index is 3.93. The van der Waals surface area contributed by atoms with Crippen molar-refractivity contribution in [3.8, 4) is 0 Å². The molecule has 0 unspecified atom stereocenters. The molecule has 0 aliphatic rings. The number of amides is 1. The third-order valence-corrected chi connectivity index (χ3v) is 2.07. The van der Waals surface area contributed by atoms with Gasteiger partial charge in [0.05, 0.1) is 5.60 Å². The van der Waals surface area contributed by atoms with Crippen LogP contribution in [0.15, 0.2) is 0 Å². The molecule has 0 aromatic carbocycles. The summed E-state index contributed by atoms with van der Waals surface area (Å²) in [4.78, 5) is 13.4. The van der Waals surface area contributed by atoms with Crippen LogP contribution in [-0.2, 0) is 9.53 Å². The zero-order valence-corrected chi connectivity index (χ0v) is 11.1. The molecule has 0 bridgehead atoms. The molecule has 0 aliphatic heterocycles. The largest absolute Gasteiger partial charge is 0.366 e. The van der Waals surface area contributed by atoms with Gasteiger partial charge in [-0.1, -0.05) is 15.9 Å². The number of nitrogens with zero attached hydrogens (tertiary/aromatic N) is 1. The monoisotopic (exact) mass is 265 g/mol. The summed E-state index contributed by atoms with van der Waals surface area (Å²) in [6.07, 6.45) is 0. The Hall–Kier alpha value is -0.0900. The molecule has 0 fully saturated rings. The maximum absolute atomic E-state index is 11.6. The minimum absolute atomic E-state index is 0.0573. The Morgan fingerprint density at radius 1 is 1.43 bits per heavy atom. The number of halogens is 1. The van der Waals surface area contributed by atoms with Crippen LogP contribution in [0, 0.1) is 0 Å². The summed E-state index contributed by atoms with van der Waals surface area (Å²) in [5, 5.41) is 0.808. The van der Waals surface area contributed by atoms with Crippen molar-refractivity contribution >= 4 is 21.8 Å². The van der Waals surface area contributed by atoms with E-state index in [1.165, 1.54) is 0 Å². The van der Waals surface area contributed by atoms with Crippen LogP contribution in [-0.4, -0.2) is 41.4 Å². The molecule has 0 saturated carbocycles. The van der Waals surface area contributed by atoms with Crippen LogP contribution in [0.5, 0.6) is 0 Å². The van der Waals surface area contributed by atoms with Crippen molar-refractivity contribution in [2.24, 2.45) is 0 Å². The molecule has 0 saturated heterocycles. The van der Waals surface area contributed by atoms with Gasteiger partial charge < -0.3 is 9.64 Å². The van der Waals surface area contributed by atoms with E-state index in [4.69, 9.17) is 4.74 Å². The third kappa shape index (κ3) is 6.38. The van der Waals surface area contributed by atoms with Crippen LogP contribution in [0.25, 0.3) is 0 Å². The van der Waals surface area contributed by atoms with Crippen molar-refractivity contribution in [3.63, 3.8) is 0 Å². The Kier molecular flexibility index (Phi) is 6.36. The minimum atomic E-state index is -0.247. The lowest BCUT2D eigenvalue weighted by Crippen LogP contribution is -2.37. The number of likely N-dealkylation sites (N-methyl/N-ethyl adjacent to an activating group) is 1. The van der Waals surface area contributed by atoms with Crippen molar-refractivity contribution < 1.29 is 9.53 Å². The average molecular weight is 266 g/mol. The zero-order valence-electron chi connectivity index (χ0n) is 9.47. The molecule has 14 heavy (non-hydrogen) atoms. The second-order valence-electron chi connectivity index (χ2n) is 4.06. The molecule has 0 spiro atoms. The summed E-state index contributed by atoms with van der Waals surface area (Å²) in [5.41, 5.74) is -0.247. The van der Waals surface area contributed by atoms with Gasteiger partial charge in [0.2, 0.25) is 5.91 Å². The Labute approximate surface area is 94.9 Å². The quantitative estimate of drug-likeness (QED) is 0.713. The first-order chi connectivity index (χ1) is 6.40. The SMILES string of the molecule is CCN(CCBr)C(=O)COC(C)(C)C. The summed E-state index contributed by atoms with van der Waals surface area (Å²) < 4.78 is 5.41. The van der Waals surface area contributed by atoms with Gasteiger partial charge in [-0.05, 0) is 27.7 Å². The molecule has 0 atom stereocenters. The average Bonchev–Trinajstić information content (AvgIpc) is 2.09. The van der Waals surface area contributed by atoms with Gasteiger partial charge in [0.1, 0.15) is 6.61 Å². The van der Waals surface area contributed by atoms with E-state index in [0.29, 0.717) is 0 Å². The first-order valence-electron chi connectivity index (χ1n) is 4.88. The van der Waals surface area contributed by atoms with Crippen LogP contribution in [0.4, 0.5) is 0 Å². The smallest absolute Gasteiger partial charge is 0.248 e. The van der Waals surface area contributed by atoms with Gasteiger partial charge in [0.15, 0.2) is 0 Å². The van der Waals surface area contributed by atoms with Gasteiger partial charge in [-0.25, -0.2) is 0 Å². The molecule has 3 nitrogen and oxygen atoms in total. The summed E-state index contributed by atoms with van der Waals surface area (Å²) in [6.45, 7) is 9.45. The van der Waals surface area contributed by atoms with Crippen LogP contribution < -0.4 is 0 Å². The highest BCUT2D eigenvalue weighted by molar-refractivity contribution is 9.09. The van der Waals surface area contributed by atoms with Crippen molar-refractivity contribution in [3.05, 3.63) is 0 Å². The lowest BCUT2D eigenvalue weighted by molar-refractivity contribution is -0.140. The predicted octanol–water partition coefficient (Wildman–Crippen LogP) is 2.04. The van der Waals surface area contributed by atoms with Crippen molar-refractivity contribution in [2.75, 3.05) is 25.0 Å². The Morgan fingerprint density at radius 3 is 2.36 bits per heavy atom. The fourth-order valence-corrected chi connectivity index (χ4v) is 1.36. The number of carbonyl (C=O) groups is 1. The van der Waals surface area contributed by atoms with Gasteiger partial charge in [-0.2, -0.15) is 0 Å². The number of hydrogen-bond acceptors (Lipinski definition) is 2. The standard InChI is InChI=1S/C10H20BrNO2/c1-5-12(7-6-11)9(13)8-14-10(2,3)4/h5-8H2,1-4H3. The topological polar surface area (TPSA) is 29.5 Å². The van der Waals surface area contributed by atoms with E-state index in [2.05, 4.69) is 15.9 Å². The third-order valence-electron chi connectivity index (χ3n) is 1.72. The summed E-state index contributed by atoms with van der Waals surface area (Å²) in [5.74, 6) is 0.0573. The maximum Gasteiger partial charge on any atom is 0.248 e. The molecular weight excluding hydrogens is 246 g/mol. The Bertz CT molecular complexity index is 177. The molecule has 0 radical (unpaired) electrons. The Morgan fingerprint density at radius 2 is 2.00 bits per heavy atom. The predicted molar refractivity (Wildman–Crippen MR) is 61.8 cm³/mol. The van der Waals surface area contributed by atoms with Crippen molar-refractivity contribution in [1.29, 1.82) is 0 Å². The second-order valence-corrected chi connectivity index (χ2v) is 4.86. The van der Waals surface area contributed by atoms with Crippen LogP contribution in [0.3, 0.4) is 0 Å². The number of alkyl halides is 1. The van der Waals surface area contributed by atoms with E-state index in [0.717, 1.165) is 18.4 Å². The summed E-state index contributed by atoms with van der Waals surface area (Å²) >= 11 is 3.32. The fraction of sp³-hybridized carbons (Fsp3) is 0.900. The first-order valence-corrected chi connectivity index (χ1v) is 6.00. The molecule has 0 aliphatic carbocycles. The maximum atomic E-state index is 11.6. The number of hydrogen-bond donors (Lipinski definition) is 0. The van der Waals surface area contributed by atoms with Gasteiger partial charge in [0.25, 0.3) is 0 Å². The highest BCUT2D eigenvalue weighted by Crippen LogP contribution is 2.06. The van der Waals surface area contributed by atoms with Gasteiger partial charge in [0, 0.05) is 18.4 Å². The van der Waals surface area contributed by atoms with Gasteiger partial charge in [-0.15, -0.1) is 0 Å². The molecule has 0 heterocycles. The molecular formula is C10H20BrNO2. The van der Waals surface area contributed by atoms with Crippen LogP contribution in [0.2, 0.25) is 0 Å². The molecule has 4 heteroatoms. The zero-order chi connectivity index (χ0) is 11.2. The molecule has 0 aromatic rings. The normalized spacial score (nSPS) is 11.5. The lowest BCUT2D eigenvalue weighted by atomic mass is 10.2. The fourth-order valence-electron chi connectivity index (χ4n) is 0.931. The summed E-state index contributed by atoms with van der Waals surface area (Å²) in [7, 11) is 0. The van der Waals surface area contributed by atoms with E-state index < -0.39 is 0 Å². The van der Waals surface area contributed by atoms with E-state index in [-0.39, 0.29) is 18.1 Å². The minimum Gasteiger partial charge on any atom is -0.366 e.